The van der Waals surface area contributed by atoms with Crippen LogP contribution in [0.1, 0.15) is 26.7 Å². The van der Waals surface area contributed by atoms with E-state index in [1.54, 1.807) is 26.2 Å². The maximum atomic E-state index is 13.6. The summed E-state index contributed by atoms with van der Waals surface area (Å²) in [6.45, 7) is 6.39. The number of ether oxygens (including phenoxy) is 1. The van der Waals surface area contributed by atoms with Crippen LogP contribution in [0.25, 0.3) is 0 Å². The Balaban J connectivity index is 1.69. The highest BCUT2D eigenvalue weighted by Gasteiger charge is 2.25. The molecule has 1 saturated heterocycles. The molecule has 1 aliphatic heterocycles. The van der Waals surface area contributed by atoms with E-state index in [1.165, 1.54) is 6.33 Å². The molecular formula is C14H22FN3O. The van der Waals surface area contributed by atoms with Crippen molar-refractivity contribution in [3.63, 3.8) is 0 Å². The quantitative estimate of drug-likeness (QED) is 0.820. The van der Waals surface area contributed by atoms with E-state index in [4.69, 9.17) is 4.74 Å². The van der Waals surface area contributed by atoms with E-state index in [9.17, 15) is 4.39 Å². The number of halogens is 1. The van der Waals surface area contributed by atoms with Crippen molar-refractivity contribution in [1.82, 2.24) is 14.9 Å². The Morgan fingerprint density at radius 1 is 1.32 bits per heavy atom. The van der Waals surface area contributed by atoms with Crippen LogP contribution in [-0.4, -0.2) is 46.8 Å². The highest BCUT2D eigenvalue weighted by molar-refractivity contribution is 5.09. The second kappa shape index (κ2) is 6.28. The molecule has 19 heavy (non-hydrogen) atoms. The lowest BCUT2D eigenvalue weighted by Crippen LogP contribution is -2.41. The number of piperidine rings is 1. The molecule has 0 radical (unpaired) electrons. The monoisotopic (exact) mass is 267 g/mol. The average Bonchev–Trinajstić information content (AvgIpc) is 2.37. The topological polar surface area (TPSA) is 38.2 Å². The summed E-state index contributed by atoms with van der Waals surface area (Å²) in [6.07, 6.45) is 6.96. The zero-order valence-corrected chi connectivity index (χ0v) is 11.7. The van der Waals surface area contributed by atoms with E-state index in [0.717, 1.165) is 31.7 Å². The van der Waals surface area contributed by atoms with E-state index in [0.29, 0.717) is 19.1 Å². The number of aromatic nitrogens is 2. The summed E-state index contributed by atoms with van der Waals surface area (Å²) >= 11 is 0. The molecular weight excluding hydrogens is 245 g/mol. The molecule has 0 bridgehead atoms. The molecule has 4 nitrogen and oxygen atoms in total. The second-order valence-corrected chi connectivity index (χ2v) is 5.82. The van der Waals surface area contributed by atoms with Crippen molar-refractivity contribution >= 4 is 0 Å². The van der Waals surface area contributed by atoms with Gasteiger partial charge in [0.05, 0.1) is 19.0 Å². The van der Waals surface area contributed by atoms with Crippen LogP contribution < -0.4 is 4.74 Å². The van der Waals surface area contributed by atoms with Gasteiger partial charge in [0.15, 0.2) is 5.75 Å². The van der Waals surface area contributed by atoms with Crippen LogP contribution in [0.5, 0.6) is 5.75 Å². The van der Waals surface area contributed by atoms with Gasteiger partial charge in [0.1, 0.15) is 12.0 Å². The molecule has 0 atom stereocenters. The number of hydrogen-bond acceptors (Lipinski definition) is 4. The highest BCUT2D eigenvalue weighted by Crippen LogP contribution is 2.21. The SMILES string of the molecule is CC(C)(F)CN1CCC(COc2cncnc2)CC1. The van der Waals surface area contributed by atoms with Crippen molar-refractivity contribution in [3.05, 3.63) is 18.7 Å². The molecule has 1 aliphatic rings. The van der Waals surface area contributed by atoms with Gasteiger partial charge in [-0.05, 0) is 45.7 Å². The van der Waals surface area contributed by atoms with Gasteiger partial charge in [-0.2, -0.15) is 0 Å². The Morgan fingerprint density at radius 2 is 1.95 bits per heavy atom. The Hall–Kier alpha value is -1.23. The predicted molar refractivity (Wildman–Crippen MR) is 71.9 cm³/mol. The van der Waals surface area contributed by atoms with Gasteiger partial charge in [-0.3, -0.25) is 0 Å². The predicted octanol–water partition coefficient (Wildman–Crippen LogP) is 2.32. The summed E-state index contributed by atoms with van der Waals surface area (Å²) < 4.78 is 19.2. The third-order valence-corrected chi connectivity index (χ3v) is 3.33. The van der Waals surface area contributed by atoms with Gasteiger partial charge in [0.2, 0.25) is 0 Å². The first-order valence-corrected chi connectivity index (χ1v) is 6.82. The molecule has 0 aliphatic carbocycles. The van der Waals surface area contributed by atoms with Gasteiger partial charge in [-0.1, -0.05) is 0 Å². The largest absolute Gasteiger partial charge is 0.490 e. The molecule has 2 heterocycles. The standard InChI is InChI=1S/C14H22FN3O/c1-14(2,15)10-18-5-3-12(4-6-18)9-19-13-7-16-11-17-8-13/h7-8,11-12H,3-6,9-10H2,1-2H3. The Morgan fingerprint density at radius 3 is 2.53 bits per heavy atom. The van der Waals surface area contributed by atoms with Crippen LogP contribution in [0, 0.1) is 5.92 Å². The van der Waals surface area contributed by atoms with Gasteiger partial charge in [-0.15, -0.1) is 0 Å². The molecule has 0 unspecified atom stereocenters. The summed E-state index contributed by atoms with van der Waals surface area (Å²) in [7, 11) is 0. The number of hydrogen-bond donors (Lipinski definition) is 0. The van der Waals surface area contributed by atoms with Crippen LogP contribution in [0.3, 0.4) is 0 Å². The molecule has 5 heteroatoms. The molecule has 0 saturated carbocycles. The minimum absolute atomic E-state index is 0.521. The highest BCUT2D eigenvalue weighted by atomic mass is 19.1. The minimum atomic E-state index is -1.11. The number of rotatable bonds is 5. The average molecular weight is 267 g/mol. The minimum Gasteiger partial charge on any atom is -0.490 e. The lowest BCUT2D eigenvalue weighted by molar-refractivity contribution is 0.0835. The first-order valence-electron chi connectivity index (χ1n) is 6.82. The van der Waals surface area contributed by atoms with Gasteiger partial charge in [0.25, 0.3) is 0 Å². The van der Waals surface area contributed by atoms with Gasteiger partial charge in [-0.25, -0.2) is 14.4 Å². The molecule has 2 rings (SSSR count). The normalized spacial score (nSPS) is 18.5. The van der Waals surface area contributed by atoms with E-state index in [2.05, 4.69) is 14.9 Å². The smallest absolute Gasteiger partial charge is 0.155 e. The van der Waals surface area contributed by atoms with Crippen LogP contribution in [-0.2, 0) is 0 Å². The molecule has 1 aromatic rings. The van der Waals surface area contributed by atoms with Crippen LogP contribution in [0.4, 0.5) is 4.39 Å². The van der Waals surface area contributed by atoms with Crippen molar-refractivity contribution in [1.29, 1.82) is 0 Å². The zero-order chi connectivity index (χ0) is 13.7. The third kappa shape index (κ3) is 5.11. The van der Waals surface area contributed by atoms with E-state index in [1.807, 2.05) is 0 Å². The fraction of sp³-hybridized carbons (Fsp3) is 0.714. The fourth-order valence-electron chi connectivity index (χ4n) is 2.42. The van der Waals surface area contributed by atoms with Gasteiger partial charge >= 0.3 is 0 Å². The fourth-order valence-corrected chi connectivity index (χ4v) is 2.42. The Labute approximate surface area is 114 Å². The molecule has 0 aromatic carbocycles. The lowest BCUT2D eigenvalue weighted by atomic mass is 9.97. The molecule has 0 N–H and O–H groups in total. The first-order chi connectivity index (χ1) is 9.03. The van der Waals surface area contributed by atoms with Crippen LogP contribution in [0.15, 0.2) is 18.7 Å². The summed E-state index contributed by atoms with van der Waals surface area (Å²) in [5.41, 5.74) is -1.11. The van der Waals surface area contributed by atoms with E-state index in [-0.39, 0.29) is 0 Å². The summed E-state index contributed by atoms with van der Waals surface area (Å²) in [4.78, 5) is 10.0. The van der Waals surface area contributed by atoms with Crippen molar-refractivity contribution in [2.45, 2.75) is 32.4 Å². The van der Waals surface area contributed by atoms with Crippen molar-refractivity contribution in [2.24, 2.45) is 5.92 Å². The lowest BCUT2D eigenvalue weighted by Gasteiger charge is -2.34. The van der Waals surface area contributed by atoms with Crippen molar-refractivity contribution in [2.75, 3.05) is 26.2 Å². The molecule has 1 fully saturated rings. The maximum Gasteiger partial charge on any atom is 0.155 e. The first kappa shape index (κ1) is 14.2. The molecule has 0 spiro atoms. The van der Waals surface area contributed by atoms with Crippen LogP contribution in [0.2, 0.25) is 0 Å². The summed E-state index contributed by atoms with van der Waals surface area (Å²) in [6, 6.07) is 0. The van der Waals surface area contributed by atoms with E-state index >= 15 is 0 Å². The zero-order valence-electron chi connectivity index (χ0n) is 11.7. The Bertz CT molecular complexity index is 372. The molecule has 106 valence electrons. The molecule has 1 aromatic heterocycles. The number of likely N-dealkylation sites (tertiary alicyclic amines) is 1. The second-order valence-electron chi connectivity index (χ2n) is 5.82. The van der Waals surface area contributed by atoms with E-state index < -0.39 is 5.67 Å². The Kier molecular flexibility index (Phi) is 4.69. The summed E-state index contributed by atoms with van der Waals surface area (Å²) in [5.74, 6) is 1.26. The van der Waals surface area contributed by atoms with Crippen molar-refractivity contribution < 1.29 is 9.13 Å². The number of nitrogens with zero attached hydrogens (tertiary/aromatic N) is 3. The maximum absolute atomic E-state index is 13.6. The van der Waals surface area contributed by atoms with Gasteiger partial charge < -0.3 is 9.64 Å². The van der Waals surface area contributed by atoms with Crippen LogP contribution >= 0.6 is 0 Å². The summed E-state index contributed by atoms with van der Waals surface area (Å²) in [5, 5.41) is 0. The van der Waals surface area contributed by atoms with Gasteiger partial charge in [0, 0.05) is 6.54 Å². The third-order valence-electron chi connectivity index (χ3n) is 3.33. The van der Waals surface area contributed by atoms with Crippen molar-refractivity contribution in [3.8, 4) is 5.75 Å². The number of alkyl halides is 1. The molecule has 0 amide bonds.